The molecule has 0 radical (unpaired) electrons. The smallest absolute Gasteiger partial charge is 0.417 e. The third kappa shape index (κ3) is 11.0. The number of amides is 2. The van der Waals surface area contributed by atoms with Crippen molar-refractivity contribution in [3.63, 3.8) is 0 Å². The summed E-state index contributed by atoms with van der Waals surface area (Å²) in [4.78, 5) is 38.7. The van der Waals surface area contributed by atoms with Crippen molar-refractivity contribution in [2.75, 3.05) is 5.32 Å². The maximum absolute atomic E-state index is 13.4. The number of carbonyl (C=O) groups is 2. The summed E-state index contributed by atoms with van der Waals surface area (Å²) in [5.74, 6) is 0.641. The van der Waals surface area contributed by atoms with Gasteiger partial charge in [-0.1, -0.05) is 25.3 Å². The Labute approximate surface area is 263 Å². The average molecular weight is 646 g/mol. The number of anilines is 1. The van der Waals surface area contributed by atoms with Gasteiger partial charge < -0.3 is 15.2 Å². The van der Waals surface area contributed by atoms with E-state index in [1.807, 2.05) is 33.0 Å². The van der Waals surface area contributed by atoms with Gasteiger partial charge >= 0.3 is 12.2 Å². The first-order chi connectivity index (χ1) is 20.7. The lowest BCUT2D eigenvalue weighted by Gasteiger charge is -2.21. The summed E-state index contributed by atoms with van der Waals surface area (Å²) in [6, 6.07) is 10.4. The van der Waals surface area contributed by atoms with Gasteiger partial charge in [-0.2, -0.15) is 0 Å². The Morgan fingerprint density at radius 1 is 1.11 bits per heavy atom. The standard InChI is InChI=1S/C26H30N4O5S2.C4H9NO2/c1-26(2,3)29-37(34)23-15-18(28-25(31)35-20-12-10-19(11-13-20)30(32)33)9-14-21(23)22-16-27-24(36-22)17-7-5-4-6-8-17;1-3(2)7-4(5)6/h9-17,29H,4-8H2,1-3H3,(H,28,31);3H,1-2H3,(H2,5,6). The quantitative estimate of drug-likeness (QED) is 0.169. The van der Waals surface area contributed by atoms with Gasteiger partial charge in [-0.05, 0) is 71.7 Å². The number of nitrogens with one attached hydrogen (secondary N) is 2. The van der Waals surface area contributed by atoms with Crippen LogP contribution in [0.5, 0.6) is 5.75 Å². The minimum Gasteiger partial charge on any atom is -0.447 e. The summed E-state index contributed by atoms with van der Waals surface area (Å²) in [7, 11) is -1.56. The fraction of sp³-hybridized carbons (Fsp3) is 0.433. The van der Waals surface area contributed by atoms with E-state index in [0.717, 1.165) is 28.3 Å². The van der Waals surface area contributed by atoms with E-state index in [2.05, 4.69) is 20.5 Å². The van der Waals surface area contributed by atoms with Gasteiger partial charge in [0.1, 0.15) is 16.7 Å². The number of non-ortho nitro benzene ring substituents is 1. The molecule has 12 nitrogen and oxygen atoms in total. The zero-order valence-corrected chi connectivity index (χ0v) is 27.1. The molecule has 2 amide bonds. The van der Waals surface area contributed by atoms with E-state index in [1.165, 1.54) is 43.5 Å². The number of thiazole rings is 1. The van der Waals surface area contributed by atoms with Crippen molar-refractivity contribution in [3.8, 4) is 16.2 Å². The number of ether oxygens (including phenoxy) is 2. The van der Waals surface area contributed by atoms with Crippen molar-refractivity contribution >= 4 is 45.9 Å². The van der Waals surface area contributed by atoms with Crippen molar-refractivity contribution in [1.82, 2.24) is 9.71 Å². The number of nitrogens with zero attached hydrogens (tertiary/aromatic N) is 2. The molecule has 1 saturated carbocycles. The van der Waals surface area contributed by atoms with Crippen molar-refractivity contribution in [3.05, 3.63) is 63.8 Å². The third-order valence-corrected chi connectivity index (χ3v) is 8.91. The second-order valence-corrected chi connectivity index (χ2v) is 13.7. The molecule has 1 unspecified atom stereocenters. The van der Waals surface area contributed by atoms with Crippen LogP contribution in [0, 0.1) is 10.1 Å². The van der Waals surface area contributed by atoms with Gasteiger partial charge in [0.25, 0.3) is 5.69 Å². The number of nitrogens with two attached hydrogens (primary N) is 1. The van der Waals surface area contributed by atoms with Gasteiger partial charge in [0, 0.05) is 41.0 Å². The lowest BCUT2D eigenvalue weighted by Crippen LogP contribution is -2.37. The first kappa shape index (κ1) is 34.6. The molecule has 0 spiro atoms. The third-order valence-electron chi connectivity index (χ3n) is 6.18. The maximum Gasteiger partial charge on any atom is 0.417 e. The Morgan fingerprint density at radius 2 is 1.77 bits per heavy atom. The summed E-state index contributed by atoms with van der Waals surface area (Å²) < 4.78 is 26.1. The van der Waals surface area contributed by atoms with Gasteiger partial charge in [0.05, 0.1) is 25.8 Å². The number of rotatable bonds is 8. The molecule has 3 aromatic rings. The molecule has 238 valence electrons. The number of aromatic nitrogens is 1. The van der Waals surface area contributed by atoms with Crippen molar-refractivity contribution < 1.29 is 28.2 Å². The van der Waals surface area contributed by atoms with E-state index in [0.29, 0.717) is 16.5 Å². The van der Waals surface area contributed by atoms with Crippen molar-refractivity contribution in [2.24, 2.45) is 5.73 Å². The Morgan fingerprint density at radius 3 is 2.32 bits per heavy atom. The van der Waals surface area contributed by atoms with Crippen LogP contribution in [-0.4, -0.2) is 37.9 Å². The first-order valence-corrected chi connectivity index (χ1v) is 16.2. The SMILES string of the molecule is CC(C)(C)NS(=O)c1cc(NC(=O)Oc2ccc([N+](=O)[O-])cc2)ccc1-c1cnc(C2CCCCC2)s1.CC(C)OC(N)=O. The number of carbonyl (C=O) groups excluding carboxylic acids is 2. The van der Waals surface area contributed by atoms with Crippen LogP contribution in [0.15, 0.2) is 53.6 Å². The van der Waals surface area contributed by atoms with E-state index in [4.69, 9.17) is 9.72 Å². The van der Waals surface area contributed by atoms with E-state index in [-0.39, 0.29) is 17.5 Å². The van der Waals surface area contributed by atoms with Crippen LogP contribution in [0.3, 0.4) is 0 Å². The summed E-state index contributed by atoms with van der Waals surface area (Å²) in [5, 5.41) is 14.6. The Bertz CT molecular complexity index is 1460. The lowest BCUT2D eigenvalue weighted by molar-refractivity contribution is -0.384. The maximum atomic E-state index is 13.4. The molecule has 44 heavy (non-hydrogen) atoms. The number of benzene rings is 2. The van der Waals surface area contributed by atoms with Gasteiger partial charge in [-0.15, -0.1) is 11.3 Å². The number of nitro benzene ring substituents is 1. The first-order valence-electron chi connectivity index (χ1n) is 14.2. The molecule has 0 bridgehead atoms. The largest absolute Gasteiger partial charge is 0.447 e. The molecule has 1 heterocycles. The van der Waals surface area contributed by atoms with E-state index >= 15 is 0 Å². The van der Waals surface area contributed by atoms with Crippen LogP contribution in [-0.2, 0) is 15.7 Å². The molecule has 1 atom stereocenters. The monoisotopic (exact) mass is 645 g/mol. The molecule has 4 N–H and O–H groups in total. The normalized spacial score (nSPS) is 14.2. The zero-order chi connectivity index (χ0) is 32.4. The molecule has 4 rings (SSSR count). The number of nitro groups is 1. The fourth-order valence-electron chi connectivity index (χ4n) is 4.36. The van der Waals surface area contributed by atoms with E-state index in [9.17, 15) is 23.9 Å². The topological polar surface area (TPSA) is 176 Å². The van der Waals surface area contributed by atoms with Crippen LogP contribution in [0.1, 0.15) is 77.6 Å². The second-order valence-electron chi connectivity index (χ2n) is 11.5. The highest BCUT2D eigenvalue weighted by Gasteiger charge is 2.23. The van der Waals surface area contributed by atoms with Gasteiger partial charge in [0.2, 0.25) is 0 Å². The molecule has 2 aromatic carbocycles. The number of hydrogen-bond acceptors (Lipinski definition) is 9. The van der Waals surface area contributed by atoms with Crippen LogP contribution in [0.25, 0.3) is 10.4 Å². The minimum atomic E-state index is -1.56. The van der Waals surface area contributed by atoms with Crippen LogP contribution < -0.4 is 20.5 Å². The summed E-state index contributed by atoms with van der Waals surface area (Å²) in [6.45, 7) is 9.28. The average Bonchev–Trinajstić information content (AvgIpc) is 3.43. The lowest BCUT2D eigenvalue weighted by atomic mass is 9.90. The molecule has 1 aliphatic rings. The predicted molar refractivity (Wildman–Crippen MR) is 171 cm³/mol. The van der Waals surface area contributed by atoms with Gasteiger partial charge in [0.15, 0.2) is 0 Å². The fourth-order valence-corrected chi connectivity index (χ4v) is 6.83. The Kier molecular flexibility index (Phi) is 12.4. The molecular formula is C30H39N5O7S2. The molecule has 0 saturated heterocycles. The number of primary amides is 1. The van der Waals surface area contributed by atoms with Crippen LogP contribution in [0.4, 0.5) is 21.0 Å². The molecular weight excluding hydrogens is 606 g/mol. The molecule has 0 aliphatic heterocycles. The summed E-state index contributed by atoms with van der Waals surface area (Å²) >= 11 is 1.63. The van der Waals surface area contributed by atoms with E-state index in [1.54, 1.807) is 37.3 Å². The number of hydrogen-bond donors (Lipinski definition) is 3. The second kappa shape index (κ2) is 15.7. The Hall–Kier alpha value is -3.88. The zero-order valence-electron chi connectivity index (χ0n) is 25.5. The highest BCUT2D eigenvalue weighted by atomic mass is 32.2. The summed E-state index contributed by atoms with van der Waals surface area (Å²) in [6.07, 6.45) is 6.29. The van der Waals surface area contributed by atoms with Gasteiger partial charge in [-0.3, -0.25) is 15.4 Å². The van der Waals surface area contributed by atoms with Crippen LogP contribution in [0.2, 0.25) is 0 Å². The molecule has 1 aromatic heterocycles. The van der Waals surface area contributed by atoms with Gasteiger partial charge in [-0.25, -0.2) is 23.5 Å². The molecule has 1 aliphatic carbocycles. The van der Waals surface area contributed by atoms with Crippen molar-refractivity contribution in [2.45, 2.75) is 89.2 Å². The predicted octanol–water partition coefficient (Wildman–Crippen LogP) is 7.28. The highest BCUT2D eigenvalue weighted by Crippen LogP contribution is 2.39. The Balaban J connectivity index is 0.000000676. The summed E-state index contributed by atoms with van der Waals surface area (Å²) in [5.41, 5.74) is 5.33. The van der Waals surface area contributed by atoms with E-state index < -0.39 is 33.6 Å². The molecule has 14 heteroatoms. The molecule has 1 fully saturated rings. The minimum absolute atomic E-state index is 0.0995. The van der Waals surface area contributed by atoms with Crippen molar-refractivity contribution in [1.29, 1.82) is 0 Å². The van der Waals surface area contributed by atoms with Crippen LogP contribution >= 0.6 is 11.3 Å². The highest BCUT2D eigenvalue weighted by molar-refractivity contribution is 7.83.